The summed E-state index contributed by atoms with van der Waals surface area (Å²) in [7, 11) is 0. The second kappa shape index (κ2) is 5.53. The van der Waals surface area contributed by atoms with Crippen molar-refractivity contribution in [2.24, 2.45) is 0 Å². The first-order chi connectivity index (χ1) is 6.72. The van der Waals surface area contributed by atoms with Gasteiger partial charge in [-0.05, 0) is 31.9 Å². The number of hydrogen-bond donors (Lipinski definition) is 0. The van der Waals surface area contributed by atoms with Crippen molar-refractivity contribution >= 4 is 5.78 Å². The molecule has 0 aromatic carbocycles. The molecule has 0 saturated heterocycles. The average Bonchev–Trinajstić information content (AvgIpc) is 2.15. The van der Waals surface area contributed by atoms with Crippen molar-refractivity contribution in [3.05, 3.63) is 29.6 Å². The molecule has 0 saturated carbocycles. The van der Waals surface area contributed by atoms with Crippen LogP contribution in [-0.2, 0) is 11.2 Å². The van der Waals surface area contributed by atoms with Crippen molar-refractivity contribution in [1.82, 2.24) is 4.98 Å². The predicted octanol–water partition coefficient (Wildman–Crippen LogP) is 2.69. The maximum Gasteiger partial charge on any atom is 0.133 e. The van der Waals surface area contributed by atoms with Crippen LogP contribution in [0.5, 0.6) is 0 Å². The average molecular weight is 191 g/mol. The van der Waals surface area contributed by atoms with E-state index in [0.717, 1.165) is 24.2 Å². The van der Waals surface area contributed by atoms with E-state index < -0.39 is 0 Å². The Hall–Kier alpha value is -1.18. The summed E-state index contributed by atoms with van der Waals surface area (Å²) in [6.45, 7) is 4.00. The van der Waals surface area contributed by atoms with Gasteiger partial charge in [0.1, 0.15) is 5.78 Å². The molecule has 14 heavy (non-hydrogen) atoms. The Bertz CT molecular complexity index is 307. The molecule has 0 aliphatic carbocycles. The van der Waals surface area contributed by atoms with Gasteiger partial charge in [0.05, 0.1) is 0 Å². The lowest BCUT2D eigenvalue weighted by Crippen LogP contribution is -2.01. The second-order valence-electron chi connectivity index (χ2n) is 3.56. The molecule has 76 valence electrons. The third-order valence-electron chi connectivity index (χ3n) is 2.13. The Morgan fingerprint density at radius 1 is 1.36 bits per heavy atom. The van der Waals surface area contributed by atoms with Crippen LogP contribution in [0.15, 0.2) is 18.2 Å². The summed E-state index contributed by atoms with van der Waals surface area (Å²) in [5.74, 6) is 0.343. The number of aromatic nitrogens is 1. The number of Topliss-reactive ketones (excluding diaryl/α,β-unsaturated/α-hetero) is 1. The maximum atomic E-state index is 11.3. The Labute approximate surface area is 85.4 Å². The number of rotatable bonds is 5. The van der Waals surface area contributed by atoms with Crippen LogP contribution in [-0.4, -0.2) is 10.8 Å². The standard InChI is InChI=1S/C12H17NO/c1-3-5-12(14)9-8-11-7-4-6-10(2)13-11/h4,6-7H,3,5,8-9H2,1-2H3. The highest BCUT2D eigenvalue weighted by atomic mass is 16.1. The first-order valence-electron chi connectivity index (χ1n) is 5.16. The van der Waals surface area contributed by atoms with Gasteiger partial charge in [-0.2, -0.15) is 0 Å². The molecule has 0 atom stereocenters. The van der Waals surface area contributed by atoms with E-state index in [1.807, 2.05) is 32.0 Å². The minimum atomic E-state index is 0.343. The van der Waals surface area contributed by atoms with Gasteiger partial charge in [-0.25, -0.2) is 0 Å². The number of ketones is 1. The van der Waals surface area contributed by atoms with Crippen molar-refractivity contribution in [2.45, 2.75) is 39.5 Å². The van der Waals surface area contributed by atoms with Gasteiger partial charge in [0.2, 0.25) is 0 Å². The van der Waals surface area contributed by atoms with Gasteiger partial charge in [0, 0.05) is 24.2 Å². The molecular weight excluding hydrogens is 174 g/mol. The summed E-state index contributed by atoms with van der Waals surface area (Å²) in [5.41, 5.74) is 2.04. The molecule has 1 rings (SSSR count). The lowest BCUT2D eigenvalue weighted by Gasteiger charge is -2.00. The molecule has 0 bridgehead atoms. The van der Waals surface area contributed by atoms with Crippen LogP contribution in [0.1, 0.15) is 37.6 Å². The third-order valence-corrected chi connectivity index (χ3v) is 2.13. The number of hydrogen-bond acceptors (Lipinski definition) is 2. The lowest BCUT2D eigenvalue weighted by molar-refractivity contribution is -0.119. The van der Waals surface area contributed by atoms with Crippen LogP contribution in [0, 0.1) is 6.92 Å². The van der Waals surface area contributed by atoms with Crippen LogP contribution >= 0.6 is 0 Å². The molecule has 0 aliphatic rings. The summed E-state index contributed by atoms with van der Waals surface area (Å²) >= 11 is 0. The van der Waals surface area contributed by atoms with Gasteiger partial charge in [-0.3, -0.25) is 9.78 Å². The molecule has 0 N–H and O–H groups in total. The first-order valence-corrected chi connectivity index (χ1v) is 5.16. The Morgan fingerprint density at radius 3 is 2.79 bits per heavy atom. The van der Waals surface area contributed by atoms with Gasteiger partial charge < -0.3 is 0 Å². The third kappa shape index (κ3) is 3.69. The molecule has 0 amide bonds. The fourth-order valence-corrected chi connectivity index (χ4v) is 1.41. The molecule has 1 aromatic rings. The molecular formula is C12H17NO. The SMILES string of the molecule is CCCC(=O)CCc1cccc(C)n1. The molecule has 1 aromatic heterocycles. The summed E-state index contributed by atoms with van der Waals surface area (Å²) in [6.07, 6.45) is 3.05. The second-order valence-corrected chi connectivity index (χ2v) is 3.56. The highest BCUT2D eigenvalue weighted by Crippen LogP contribution is 2.04. The van der Waals surface area contributed by atoms with Gasteiger partial charge in [-0.15, -0.1) is 0 Å². The minimum Gasteiger partial charge on any atom is -0.300 e. The van der Waals surface area contributed by atoms with Crippen molar-refractivity contribution in [2.75, 3.05) is 0 Å². The Balaban J connectivity index is 2.41. The van der Waals surface area contributed by atoms with E-state index in [9.17, 15) is 4.79 Å². The smallest absolute Gasteiger partial charge is 0.133 e. The van der Waals surface area contributed by atoms with Crippen molar-refractivity contribution in [1.29, 1.82) is 0 Å². The molecule has 0 radical (unpaired) electrons. The Morgan fingerprint density at radius 2 is 2.14 bits per heavy atom. The van der Waals surface area contributed by atoms with E-state index in [1.54, 1.807) is 0 Å². The fourth-order valence-electron chi connectivity index (χ4n) is 1.41. The highest BCUT2D eigenvalue weighted by Gasteiger charge is 2.01. The molecule has 0 spiro atoms. The minimum absolute atomic E-state index is 0.343. The van der Waals surface area contributed by atoms with Gasteiger partial charge in [-0.1, -0.05) is 13.0 Å². The van der Waals surface area contributed by atoms with Crippen molar-refractivity contribution in [3.63, 3.8) is 0 Å². The number of nitrogens with zero attached hydrogens (tertiary/aromatic N) is 1. The number of pyridine rings is 1. The van der Waals surface area contributed by atoms with Gasteiger partial charge >= 0.3 is 0 Å². The summed E-state index contributed by atoms with van der Waals surface area (Å²) in [4.78, 5) is 15.6. The largest absolute Gasteiger partial charge is 0.300 e. The zero-order chi connectivity index (χ0) is 10.4. The molecule has 0 unspecified atom stereocenters. The monoisotopic (exact) mass is 191 g/mol. The molecule has 2 nitrogen and oxygen atoms in total. The molecule has 0 fully saturated rings. The maximum absolute atomic E-state index is 11.3. The Kier molecular flexibility index (Phi) is 4.30. The van der Waals surface area contributed by atoms with Crippen molar-refractivity contribution in [3.8, 4) is 0 Å². The fraction of sp³-hybridized carbons (Fsp3) is 0.500. The van der Waals surface area contributed by atoms with E-state index in [1.165, 1.54) is 0 Å². The van der Waals surface area contributed by atoms with Crippen molar-refractivity contribution < 1.29 is 4.79 Å². The quantitative estimate of drug-likeness (QED) is 0.716. The number of carbonyl (C=O) groups excluding carboxylic acids is 1. The van der Waals surface area contributed by atoms with Crippen LogP contribution in [0.2, 0.25) is 0 Å². The van der Waals surface area contributed by atoms with Crippen LogP contribution < -0.4 is 0 Å². The summed E-state index contributed by atoms with van der Waals surface area (Å²) in [6, 6.07) is 5.94. The van der Waals surface area contributed by atoms with Crippen LogP contribution in [0.25, 0.3) is 0 Å². The topological polar surface area (TPSA) is 30.0 Å². The van der Waals surface area contributed by atoms with E-state index in [2.05, 4.69) is 4.98 Å². The highest BCUT2D eigenvalue weighted by molar-refractivity contribution is 5.78. The van der Waals surface area contributed by atoms with E-state index in [-0.39, 0.29) is 0 Å². The molecule has 0 aliphatic heterocycles. The lowest BCUT2D eigenvalue weighted by atomic mass is 10.1. The normalized spacial score (nSPS) is 10.1. The zero-order valence-corrected chi connectivity index (χ0v) is 8.92. The zero-order valence-electron chi connectivity index (χ0n) is 8.92. The molecule has 1 heterocycles. The summed E-state index contributed by atoms with van der Waals surface area (Å²) < 4.78 is 0. The number of carbonyl (C=O) groups is 1. The predicted molar refractivity (Wildman–Crippen MR) is 57.2 cm³/mol. The molecule has 2 heteroatoms. The first kappa shape index (κ1) is 10.9. The van der Waals surface area contributed by atoms with Gasteiger partial charge in [0.15, 0.2) is 0 Å². The summed E-state index contributed by atoms with van der Waals surface area (Å²) in [5, 5.41) is 0. The van der Waals surface area contributed by atoms with Gasteiger partial charge in [0.25, 0.3) is 0 Å². The van der Waals surface area contributed by atoms with Crippen LogP contribution in [0.4, 0.5) is 0 Å². The number of aryl methyl sites for hydroxylation is 2. The van der Waals surface area contributed by atoms with Crippen LogP contribution in [0.3, 0.4) is 0 Å². The van der Waals surface area contributed by atoms with E-state index in [4.69, 9.17) is 0 Å². The van der Waals surface area contributed by atoms with E-state index >= 15 is 0 Å². The van der Waals surface area contributed by atoms with E-state index in [0.29, 0.717) is 18.6 Å².